The maximum absolute atomic E-state index is 13.0. The van der Waals surface area contributed by atoms with E-state index >= 15 is 0 Å². The Morgan fingerprint density at radius 3 is 1.57 bits per heavy atom. The lowest BCUT2D eigenvalue weighted by atomic mass is 9.99. The Labute approximate surface area is 383 Å². The van der Waals surface area contributed by atoms with Gasteiger partial charge in [-0.15, -0.1) is 0 Å². The van der Waals surface area contributed by atoms with Crippen LogP contribution in [-0.4, -0.2) is 100 Å². The van der Waals surface area contributed by atoms with E-state index < -0.39 is 49.5 Å². The van der Waals surface area contributed by atoms with Crippen molar-refractivity contribution >= 4 is 11.9 Å². The number of allylic oxidation sites excluding steroid dienone is 5. The SMILES string of the molecule is CCCCCCCC/C=C/CC/C=C/C(O)C(COC1OC(CO)C(O)C(O)C1O)NC(=O)CCCCCCC/C=C\CCCCCOC(=O)CCCCCCCCCCCCC. The van der Waals surface area contributed by atoms with E-state index in [0.29, 0.717) is 25.9 Å². The number of unbranched alkanes of at least 4 members (excludes halogenated alkanes) is 25. The van der Waals surface area contributed by atoms with Gasteiger partial charge in [0.05, 0.1) is 32.0 Å². The van der Waals surface area contributed by atoms with Crippen LogP contribution in [0.4, 0.5) is 0 Å². The highest BCUT2D eigenvalue weighted by Gasteiger charge is 2.44. The first-order chi connectivity index (χ1) is 30.7. The first-order valence-electron chi connectivity index (χ1n) is 25.8. The second-order valence-electron chi connectivity index (χ2n) is 17.9. The molecule has 1 heterocycles. The number of hydrogen-bond acceptors (Lipinski definition) is 10. The average molecular weight is 894 g/mol. The minimum Gasteiger partial charge on any atom is -0.466 e. The molecule has 0 aromatic heterocycles. The van der Waals surface area contributed by atoms with Crippen LogP contribution in [0.2, 0.25) is 0 Å². The molecule has 0 spiro atoms. The van der Waals surface area contributed by atoms with Gasteiger partial charge in [-0.3, -0.25) is 9.59 Å². The molecule has 1 aliphatic rings. The fourth-order valence-corrected chi connectivity index (χ4v) is 7.80. The minimum atomic E-state index is -1.59. The molecule has 0 bridgehead atoms. The van der Waals surface area contributed by atoms with E-state index in [0.717, 1.165) is 89.9 Å². The Balaban J connectivity index is 2.24. The molecule has 7 unspecified atom stereocenters. The molecule has 1 saturated heterocycles. The summed E-state index contributed by atoms with van der Waals surface area (Å²) in [6.07, 6.45) is 39.3. The van der Waals surface area contributed by atoms with Crippen molar-refractivity contribution in [2.75, 3.05) is 19.8 Å². The number of aliphatic hydroxyl groups is 5. The molecule has 0 aliphatic carbocycles. The monoisotopic (exact) mass is 894 g/mol. The number of amides is 1. The van der Waals surface area contributed by atoms with Gasteiger partial charge in [0.25, 0.3) is 0 Å². The molecule has 0 radical (unpaired) electrons. The Morgan fingerprint density at radius 1 is 0.571 bits per heavy atom. The summed E-state index contributed by atoms with van der Waals surface area (Å²) >= 11 is 0. The molecular formula is C52H95NO10. The van der Waals surface area contributed by atoms with Crippen LogP contribution in [0.3, 0.4) is 0 Å². The Morgan fingerprint density at radius 2 is 1.03 bits per heavy atom. The summed E-state index contributed by atoms with van der Waals surface area (Å²) in [5.41, 5.74) is 0. The van der Waals surface area contributed by atoms with E-state index in [1.54, 1.807) is 6.08 Å². The molecule has 11 heteroatoms. The number of rotatable bonds is 43. The van der Waals surface area contributed by atoms with Crippen LogP contribution in [0.5, 0.6) is 0 Å². The zero-order valence-corrected chi connectivity index (χ0v) is 40.0. The van der Waals surface area contributed by atoms with Crippen LogP contribution >= 0.6 is 0 Å². The number of ether oxygens (including phenoxy) is 3. The molecule has 7 atom stereocenters. The molecule has 368 valence electrons. The van der Waals surface area contributed by atoms with Gasteiger partial charge in [-0.1, -0.05) is 166 Å². The largest absolute Gasteiger partial charge is 0.466 e. The summed E-state index contributed by atoms with van der Waals surface area (Å²) in [6, 6.07) is -0.845. The normalized spacial score (nSPS) is 20.3. The molecule has 63 heavy (non-hydrogen) atoms. The number of carbonyl (C=O) groups excluding carboxylic acids is 2. The van der Waals surface area contributed by atoms with Crippen molar-refractivity contribution in [3.05, 3.63) is 36.5 Å². The van der Waals surface area contributed by atoms with Gasteiger partial charge in [-0.05, 0) is 77.0 Å². The molecule has 0 saturated carbocycles. The van der Waals surface area contributed by atoms with Crippen molar-refractivity contribution in [3.8, 4) is 0 Å². The first kappa shape index (κ1) is 58.9. The van der Waals surface area contributed by atoms with Gasteiger partial charge in [-0.2, -0.15) is 0 Å². The van der Waals surface area contributed by atoms with Crippen molar-refractivity contribution in [2.24, 2.45) is 0 Å². The Hall–Kier alpha value is -2.12. The Kier molecular flexibility index (Phi) is 39.7. The molecule has 0 aromatic carbocycles. The predicted molar refractivity (Wildman–Crippen MR) is 255 cm³/mol. The van der Waals surface area contributed by atoms with E-state index in [-0.39, 0.29) is 18.5 Å². The lowest BCUT2D eigenvalue weighted by molar-refractivity contribution is -0.302. The van der Waals surface area contributed by atoms with Crippen LogP contribution in [0.15, 0.2) is 36.5 Å². The highest BCUT2D eigenvalue weighted by Crippen LogP contribution is 2.22. The van der Waals surface area contributed by atoms with E-state index in [1.165, 1.54) is 96.3 Å². The van der Waals surface area contributed by atoms with Gasteiger partial charge >= 0.3 is 5.97 Å². The smallest absolute Gasteiger partial charge is 0.305 e. The van der Waals surface area contributed by atoms with Crippen molar-refractivity contribution in [3.63, 3.8) is 0 Å². The zero-order valence-electron chi connectivity index (χ0n) is 40.0. The van der Waals surface area contributed by atoms with Crippen LogP contribution in [0.1, 0.15) is 219 Å². The maximum atomic E-state index is 13.0. The summed E-state index contributed by atoms with van der Waals surface area (Å²) < 4.78 is 16.6. The lowest BCUT2D eigenvalue weighted by Crippen LogP contribution is -2.60. The average Bonchev–Trinajstić information content (AvgIpc) is 3.28. The molecular weight excluding hydrogens is 799 g/mol. The first-order valence-corrected chi connectivity index (χ1v) is 25.8. The van der Waals surface area contributed by atoms with Crippen molar-refractivity contribution in [2.45, 2.75) is 262 Å². The summed E-state index contributed by atoms with van der Waals surface area (Å²) in [4.78, 5) is 25.0. The van der Waals surface area contributed by atoms with E-state index in [4.69, 9.17) is 14.2 Å². The van der Waals surface area contributed by atoms with E-state index in [9.17, 15) is 35.1 Å². The number of hydrogen-bond donors (Lipinski definition) is 6. The number of esters is 1. The summed E-state index contributed by atoms with van der Waals surface area (Å²) in [5, 5.41) is 54.1. The summed E-state index contributed by atoms with van der Waals surface area (Å²) in [7, 11) is 0. The highest BCUT2D eigenvalue weighted by molar-refractivity contribution is 5.76. The van der Waals surface area contributed by atoms with Crippen LogP contribution < -0.4 is 5.32 Å². The molecule has 11 nitrogen and oxygen atoms in total. The third-order valence-electron chi connectivity index (χ3n) is 12.0. The third-order valence-corrected chi connectivity index (χ3v) is 12.0. The van der Waals surface area contributed by atoms with Gasteiger partial charge in [0.1, 0.15) is 24.4 Å². The standard InChI is InChI=1S/C52H95NO10/c1-3-5-7-9-11-13-15-19-22-26-30-34-38-45(55)44(43-62-52-51(60)50(59)49(58)46(42-54)63-52)53-47(56)39-35-31-27-23-20-16-17-21-25-29-33-37-41-61-48(57)40-36-32-28-24-18-14-12-10-8-6-4-2/h17,19,21-22,34,38,44-46,49-52,54-55,58-60H,3-16,18,20,23-33,35-37,39-43H2,1-2H3,(H,53,56)/b21-17-,22-19+,38-34+. The van der Waals surface area contributed by atoms with Gasteiger partial charge in [0, 0.05) is 12.8 Å². The molecule has 0 aromatic rings. The fraction of sp³-hybridized carbons (Fsp3) is 0.846. The number of carbonyl (C=O) groups is 2. The van der Waals surface area contributed by atoms with Gasteiger partial charge in [0.15, 0.2) is 6.29 Å². The predicted octanol–water partition coefficient (Wildman–Crippen LogP) is 10.4. The highest BCUT2D eigenvalue weighted by atomic mass is 16.7. The van der Waals surface area contributed by atoms with E-state index in [1.807, 2.05) is 6.08 Å². The molecule has 6 N–H and O–H groups in total. The minimum absolute atomic E-state index is 0.0490. The number of aliphatic hydroxyl groups excluding tert-OH is 5. The second kappa shape index (κ2) is 42.5. The second-order valence-corrected chi connectivity index (χ2v) is 17.9. The van der Waals surface area contributed by atoms with Crippen LogP contribution in [-0.2, 0) is 23.8 Å². The number of nitrogens with one attached hydrogen (secondary N) is 1. The van der Waals surface area contributed by atoms with Crippen LogP contribution in [0.25, 0.3) is 0 Å². The van der Waals surface area contributed by atoms with Crippen molar-refractivity contribution < 1.29 is 49.3 Å². The van der Waals surface area contributed by atoms with E-state index in [2.05, 4.69) is 43.5 Å². The summed E-state index contributed by atoms with van der Waals surface area (Å²) in [6.45, 7) is 4.21. The van der Waals surface area contributed by atoms with Crippen LogP contribution in [0, 0.1) is 0 Å². The van der Waals surface area contributed by atoms with Gasteiger partial charge in [-0.25, -0.2) is 0 Å². The molecule has 1 fully saturated rings. The maximum Gasteiger partial charge on any atom is 0.305 e. The van der Waals surface area contributed by atoms with Crippen molar-refractivity contribution in [1.82, 2.24) is 5.32 Å². The molecule has 1 rings (SSSR count). The quantitative estimate of drug-likeness (QED) is 0.0196. The van der Waals surface area contributed by atoms with Gasteiger partial charge in [0.2, 0.25) is 5.91 Å². The topological polar surface area (TPSA) is 175 Å². The third kappa shape index (κ3) is 33.1. The molecule has 1 aliphatic heterocycles. The fourth-order valence-electron chi connectivity index (χ4n) is 7.80. The summed E-state index contributed by atoms with van der Waals surface area (Å²) in [5.74, 6) is -0.268. The zero-order chi connectivity index (χ0) is 46.0. The van der Waals surface area contributed by atoms with Crippen molar-refractivity contribution in [1.29, 1.82) is 0 Å². The Bertz CT molecular complexity index is 1150. The van der Waals surface area contributed by atoms with Gasteiger partial charge < -0.3 is 45.1 Å². The lowest BCUT2D eigenvalue weighted by Gasteiger charge is -2.40. The molecule has 1 amide bonds.